The number of aliphatic hydroxyl groups excluding tert-OH is 1. The standard InChI is InChI=1S/C24H27BrN2O2/c1-18-2-7-22(8-3-18)27-12-10-26(11-13-27)16-23(28)17-29-24-9-5-19-14-21(25)6-4-20(19)15-24/h2-9,14-15,23,28H,10-13,16-17H2,1H3. The Balaban J connectivity index is 1.24. The molecule has 0 aromatic heterocycles. The van der Waals surface area contributed by atoms with E-state index in [0.29, 0.717) is 13.2 Å². The Hall–Kier alpha value is -2.08. The molecule has 0 bridgehead atoms. The lowest BCUT2D eigenvalue weighted by molar-refractivity contribution is 0.0663. The predicted molar refractivity (Wildman–Crippen MR) is 123 cm³/mol. The Morgan fingerprint density at radius 1 is 0.931 bits per heavy atom. The van der Waals surface area contributed by atoms with Gasteiger partial charge >= 0.3 is 0 Å². The van der Waals surface area contributed by atoms with E-state index in [1.807, 2.05) is 24.3 Å². The summed E-state index contributed by atoms with van der Waals surface area (Å²) in [5.41, 5.74) is 2.57. The highest BCUT2D eigenvalue weighted by Gasteiger charge is 2.19. The number of anilines is 1. The van der Waals surface area contributed by atoms with E-state index in [-0.39, 0.29) is 0 Å². The molecule has 1 fully saturated rings. The quantitative estimate of drug-likeness (QED) is 0.595. The number of piperazine rings is 1. The van der Waals surface area contributed by atoms with E-state index in [4.69, 9.17) is 4.74 Å². The van der Waals surface area contributed by atoms with E-state index in [0.717, 1.165) is 41.8 Å². The molecule has 0 spiro atoms. The van der Waals surface area contributed by atoms with Crippen molar-refractivity contribution in [3.8, 4) is 5.75 Å². The minimum Gasteiger partial charge on any atom is -0.491 e. The molecule has 5 heteroatoms. The molecule has 152 valence electrons. The van der Waals surface area contributed by atoms with Crippen LogP contribution in [0.4, 0.5) is 5.69 Å². The molecule has 1 N–H and O–H groups in total. The van der Waals surface area contributed by atoms with Crippen LogP contribution < -0.4 is 9.64 Å². The van der Waals surface area contributed by atoms with Gasteiger partial charge < -0.3 is 14.7 Å². The van der Waals surface area contributed by atoms with Crippen molar-refractivity contribution in [3.05, 3.63) is 70.7 Å². The Morgan fingerprint density at radius 3 is 2.38 bits per heavy atom. The average molecular weight is 455 g/mol. The zero-order valence-corrected chi connectivity index (χ0v) is 18.3. The summed E-state index contributed by atoms with van der Waals surface area (Å²) in [5, 5.41) is 12.7. The predicted octanol–water partition coefficient (Wildman–Crippen LogP) is 4.47. The number of rotatable bonds is 6. The second-order valence-corrected chi connectivity index (χ2v) is 8.66. The van der Waals surface area contributed by atoms with Gasteiger partial charge in [0.15, 0.2) is 0 Å². The Morgan fingerprint density at radius 2 is 1.62 bits per heavy atom. The fourth-order valence-electron chi connectivity index (χ4n) is 3.77. The summed E-state index contributed by atoms with van der Waals surface area (Å²) < 4.78 is 6.92. The number of hydrogen-bond acceptors (Lipinski definition) is 4. The van der Waals surface area contributed by atoms with Crippen molar-refractivity contribution in [2.24, 2.45) is 0 Å². The molecule has 0 amide bonds. The first-order valence-electron chi connectivity index (χ1n) is 10.1. The van der Waals surface area contributed by atoms with Crippen LogP contribution in [0.15, 0.2) is 65.1 Å². The van der Waals surface area contributed by atoms with Crippen molar-refractivity contribution in [2.45, 2.75) is 13.0 Å². The summed E-state index contributed by atoms with van der Waals surface area (Å²) in [6.45, 7) is 6.93. The molecule has 0 aliphatic carbocycles. The van der Waals surface area contributed by atoms with Crippen molar-refractivity contribution >= 4 is 32.4 Å². The van der Waals surface area contributed by atoms with Gasteiger partial charge in [0.05, 0.1) is 0 Å². The first kappa shape index (κ1) is 20.2. The average Bonchev–Trinajstić information content (AvgIpc) is 2.73. The molecule has 4 nitrogen and oxygen atoms in total. The number of halogens is 1. The summed E-state index contributed by atoms with van der Waals surface area (Å²) in [6, 6.07) is 20.9. The molecule has 3 aromatic carbocycles. The molecule has 4 rings (SSSR count). The highest BCUT2D eigenvalue weighted by atomic mass is 79.9. The number of aliphatic hydroxyl groups is 1. The van der Waals surface area contributed by atoms with Gasteiger partial charge in [0.2, 0.25) is 0 Å². The van der Waals surface area contributed by atoms with Crippen LogP contribution in [0.3, 0.4) is 0 Å². The SMILES string of the molecule is Cc1ccc(N2CCN(CC(O)COc3ccc4cc(Br)ccc4c3)CC2)cc1. The van der Waals surface area contributed by atoms with E-state index in [1.165, 1.54) is 16.6 Å². The fraction of sp³-hybridized carbons (Fsp3) is 0.333. The monoisotopic (exact) mass is 454 g/mol. The molecule has 29 heavy (non-hydrogen) atoms. The second kappa shape index (κ2) is 9.16. The van der Waals surface area contributed by atoms with E-state index < -0.39 is 6.10 Å². The number of nitrogens with zero attached hydrogens (tertiary/aromatic N) is 2. The number of benzene rings is 3. The van der Waals surface area contributed by atoms with Gasteiger partial charge in [-0.05, 0) is 54.1 Å². The maximum Gasteiger partial charge on any atom is 0.120 e. The highest BCUT2D eigenvalue weighted by Crippen LogP contribution is 2.24. The molecule has 1 heterocycles. The largest absolute Gasteiger partial charge is 0.491 e. The molecular weight excluding hydrogens is 428 g/mol. The van der Waals surface area contributed by atoms with E-state index in [2.05, 4.69) is 69.1 Å². The van der Waals surface area contributed by atoms with Gasteiger partial charge in [-0.2, -0.15) is 0 Å². The minimum absolute atomic E-state index is 0.306. The lowest BCUT2D eigenvalue weighted by atomic mass is 10.1. The fourth-order valence-corrected chi connectivity index (χ4v) is 4.15. The van der Waals surface area contributed by atoms with E-state index in [1.54, 1.807) is 0 Å². The number of aryl methyl sites for hydroxylation is 1. The zero-order chi connectivity index (χ0) is 20.2. The van der Waals surface area contributed by atoms with Gasteiger partial charge in [-0.15, -0.1) is 0 Å². The van der Waals surface area contributed by atoms with Crippen molar-refractivity contribution in [1.29, 1.82) is 0 Å². The maximum absolute atomic E-state index is 10.4. The van der Waals surface area contributed by atoms with Gasteiger partial charge in [0, 0.05) is 42.9 Å². The second-order valence-electron chi connectivity index (χ2n) is 7.74. The Kier molecular flexibility index (Phi) is 6.38. The molecule has 1 aliphatic rings. The Bertz CT molecular complexity index is 953. The van der Waals surface area contributed by atoms with Crippen LogP contribution in [0.25, 0.3) is 10.8 Å². The Labute approximate surface area is 180 Å². The molecule has 1 unspecified atom stereocenters. The van der Waals surface area contributed by atoms with Gasteiger partial charge in [0.25, 0.3) is 0 Å². The molecular formula is C24H27BrN2O2. The van der Waals surface area contributed by atoms with Crippen LogP contribution in [0, 0.1) is 6.92 Å². The molecule has 1 saturated heterocycles. The highest BCUT2D eigenvalue weighted by molar-refractivity contribution is 9.10. The van der Waals surface area contributed by atoms with Crippen LogP contribution in [-0.2, 0) is 0 Å². The summed E-state index contributed by atoms with van der Waals surface area (Å²) >= 11 is 3.50. The maximum atomic E-state index is 10.4. The van der Waals surface area contributed by atoms with Crippen LogP contribution in [-0.4, -0.2) is 55.4 Å². The summed E-state index contributed by atoms with van der Waals surface area (Å²) in [5.74, 6) is 0.795. The van der Waals surface area contributed by atoms with Crippen molar-refractivity contribution in [1.82, 2.24) is 4.90 Å². The lowest BCUT2D eigenvalue weighted by Gasteiger charge is -2.36. The first-order chi connectivity index (χ1) is 14.1. The zero-order valence-electron chi connectivity index (χ0n) is 16.7. The molecule has 1 aliphatic heterocycles. The minimum atomic E-state index is -0.499. The van der Waals surface area contributed by atoms with Gasteiger partial charge in [-0.25, -0.2) is 0 Å². The van der Waals surface area contributed by atoms with Crippen molar-refractivity contribution < 1.29 is 9.84 Å². The third kappa shape index (κ3) is 5.30. The third-order valence-electron chi connectivity index (χ3n) is 5.46. The van der Waals surface area contributed by atoms with Crippen LogP contribution in [0.1, 0.15) is 5.56 Å². The van der Waals surface area contributed by atoms with Crippen molar-refractivity contribution in [2.75, 3.05) is 44.2 Å². The van der Waals surface area contributed by atoms with Crippen LogP contribution in [0.5, 0.6) is 5.75 Å². The summed E-state index contributed by atoms with van der Waals surface area (Å²) in [4.78, 5) is 4.73. The van der Waals surface area contributed by atoms with E-state index >= 15 is 0 Å². The van der Waals surface area contributed by atoms with Crippen molar-refractivity contribution in [3.63, 3.8) is 0 Å². The van der Waals surface area contributed by atoms with Gasteiger partial charge in [0.1, 0.15) is 18.5 Å². The summed E-state index contributed by atoms with van der Waals surface area (Å²) in [6.07, 6.45) is -0.499. The lowest BCUT2D eigenvalue weighted by Crippen LogP contribution is -2.49. The third-order valence-corrected chi connectivity index (χ3v) is 5.95. The van der Waals surface area contributed by atoms with E-state index in [9.17, 15) is 5.11 Å². The molecule has 3 aromatic rings. The first-order valence-corrected chi connectivity index (χ1v) is 10.9. The van der Waals surface area contributed by atoms with Crippen LogP contribution >= 0.6 is 15.9 Å². The van der Waals surface area contributed by atoms with Gasteiger partial charge in [-0.3, -0.25) is 4.90 Å². The number of ether oxygens (including phenoxy) is 1. The molecule has 0 radical (unpaired) electrons. The van der Waals surface area contributed by atoms with Gasteiger partial charge in [-0.1, -0.05) is 45.8 Å². The normalized spacial score (nSPS) is 16.2. The van der Waals surface area contributed by atoms with Crippen LogP contribution in [0.2, 0.25) is 0 Å². The summed E-state index contributed by atoms with van der Waals surface area (Å²) in [7, 11) is 0. The number of hydrogen-bond donors (Lipinski definition) is 1. The number of β-amino-alcohol motifs (C(OH)–C–C–N with tert-alkyl or cyclic N) is 1. The topological polar surface area (TPSA) is 35.9 Å². The molecule has 1 atom stereocenters. The molecule has 0 saturated carbocycles. The number of fused-ring (bicyclic) bond motifs is 1. The smallest absolute Gasteiger partial charge is 0.120 e.